The number of aromatic nitrogens is 1. The SMILES string of the molecule is COc1cc(Cl)ccc1C(=O)NS(=O)(=O)c1ccc(N2CCSCC2)nc1. The van der Waals surface area contributed by atoms with Crippen molar-refractivity contribution in [3.8, 4) is 5.75 Å². The van der Waals surface area contributed by atoms with Crippen molar-refractivity contribution in [2.24, 2.45) is 0 Å². The van der Waals surface area contributed by atoms with Crippen molar-refractivity contribution in [3.05, 3.63) is 47.1 Å². The van der Waals surface area contributed by atoms with Gasteiger partial charge in [-0.2, -0.15) is 11.8 Å². The topological polar surface area (TPSA) is 88.6 Å². The summed E-state index contributed by atoms with van der Waals surface area (Å²) in [5.74, 6) is 2.13. The Bertz CT molecular complexity index is 930. The van der Waals surface area contributed by atoms with Crippen LogP contribution in [0.25, 0.3) is 0 Å². The Labute approximate surface area is 167 Å². The maximum absolute atomic E-state index is 12.5. The van der Waals surface area contributed by atoms with Crippen LogP contribution in [0.4, 0.5) is 5.82 Å². The van der Waals surface area contributed by atoms with E-state index in [2.05, 4.69) is 9.88 Å². The van der Waals surface area contributed by atoms with Crippen molar-refractivity contribution in [3.63, 3.8) is 0 Å². The highest BCUT2D eigenvalue weighted by atomic mass is 35.5. The second-order valence-corrected chi connectivity index (χ2v) is 9.07. The molecule has 0 unspecified atom stereocenters. The Hall–Kier alpha value is -1.97. The molecular formula is C17H18ClN3O4S2. The number of carbonyl (C=O) groups excluding carboxylic acids is 1. The van der Waals surface area contributed by atoms with Gasteiger partial charge in [0.2, 0.25) is 0 Å². The summed E-state index contributed by atoms with van der Waals surface area (Å²) in [6, 6.07) is 7.42. The highest BCUT2D eigenvalue weighted by Gasteiger charge is 2.22. The van der Waals surface area contributed by atoms with Gasteiger partial charge in [0.05, 0.1) is 12.7 Å². The quantitative estimate of drug-likeness (QED) is 0.783. The Morgan fingerprint density at radius 1 is 1.26 bits per heavy atom. The molecule has 0 aliphatic carbocycles. The van der Waals surface area contributed by atoms with Crippen LogP contribution in [0.15, 0.2) is 41.4 Å². The van der Waals surface area contributed by atoms with E-state index in [-0.39, 0.29) is 16.2 Å². The highest BCUT2D eigenvalue weighted by Crippen LogP contribution is 2.24. The van der Waals surface area contributed by atoms with Gasteiger partial charge in [-0.05, 0) is 30.3 Å². The van der Waals surface area contributed by atoms with Gasteiger partial charge >= 0.3 is 0 Å². The van der Waals surface area contributed by atoms with Crippen LogP contribution in [0.1, 0.15) is 10.4 Å². The van der Waals surface area contributed by atoms with E-state index in [4.69, 9.17) is 16.3 Å². The standard InChI is InChI=1S/C17H18ClN3O4S2/c1-25-15-10-12(18)2-4-14(15)17(22)20-27(23,24)13-3-5-16(19-11-13)21-6-8-26-9-7-21/h2-5,10-11H,6-9H2,1H3,(H,20,22). The number of anilines is 1. The van der Waals surface area contributed by atoms with Gasteiger partial charge in [-0.25, -0.2) is 18.1 Å². The zero-order chi connectivity index (χ0) is 19.4. The van der Waals surface area contributed by atoms with Gasteiger partial charge in [-0.3, -0.25) is 4.79 Å². The number of rotatable bonds is 5. The van der Waals surface area contributed by atoms with Gasteiger partial charge in [0.15, 0.2) is 0 Å². The lowest BCUT2D eigenvalue weighted by Crippen LogP contribution is -2.33. The second-order valence-electron chi connectivity index (χ2n) is 5.73. The first kappa shape index (κ1) is 19.8. The minimum Gasteiger partial charge on any atom is -0.496 e. The normalized spacial score (nSPS) is 14.7. The van der Waals surface area contributed by atoms with E-state index >= 15 is 0 Å². The van der Waals surface area contributed by atoms with Gasteiger partial charge < -0.3 is 9.64 Å². The molecule has 10 heteroatoms. The van der Waals surface area contributed by atoms with E-state index in [9.17, 15) is 13.2 Å². The van der Waals surface area contributed by atoms with Crippen LogP contribution in [-0.2, 0) is 10.0 Å². The monoisotopic (exact) mass is 427 g/mol. The number of pyridine rings is 1. The third-order valence-electron chi connectivity index (χ3n) is 4.00. The van der Waals surface area contributed by atoms with Crippen LogP contribution >= 0.6 is 23.4 Å². The first-order chi connectivity index (χ1) is 12.9. The summed E-state index contributed by atoms with van der Waals surface area (Å²) >= 11 is 7.74. The fourth-order valence-corrected chi connectivity index (χ4v) is 4.58. The molecule has 1 fully saturated rings. The van der Waals surface area contributed by atoms with Gasteiger partial charge in [0.1, 0.15) is 16.5 Å². The van der Waals surface area contributed by atoms with Crippen LogP contribution in [0.5, 0.6) is 5.75 Å². The number of thioether (sulfide) groups is 1. The van der Waals surface area contributed by atoms with Crippen molar-refractivity contribution in [2.45, 2.75) is 4.90 Å². The fourth-order valence-electron chi connectivity index (χ4n) is 2.60. The largest absolute Gasteiger partial charge is 0.496 e. The first-order valence-corrected chi connectivity index (χ1v) is 11.1. The van der Waals surface area contributed by atoms with E-state index < -0.39 is 15.9 Å². The molecule has 2 aromatic rings. The Kier molecular flexibility index (Phi) is 6.13. The van der Waals surface area contributed by atoms with Crippen LogP contribution in [0.2, 0.25) is 5.02 Å². The zero-order valence-electron chi connectivity index (χ0n) is 14.5. The van der Waals surface area contributed by atoms with E-state index in [1.807, 2.05) is 16.5 Å². The molecule has 1 aliphatic heterocycles. The predicted octanol–water partition coefficient (Wildman–Crippen LogP) is 2.42. The molecule has 1 N–H and O–H groups in total. The fraction of sp³-hybridized carbons (Fsp3) is 0.294. The van der Waals surface area contributed by atoms with Crippen LogP contribution in [-0.4, -0.2) is 51.0 Å². The number of nitrogens with zero attached hydrogens (tertiary/aromatic N) is 2. The van der Waals surface area contributed by atoms with E-state index in [0.717, 1.165) is 30.4 Å². The molecule has 3 rings (SSSR count). The molecule has 1 aromatic carbocycles. The molecule has 27 heavy (non-hydrogen) atoms. The van der Waals surface area contributed by atoms with E-state index in [0.29, 0.717) is 5.02 Å². The van der Waals surface area contributed by atoms with Crippen LogP contribution < -0.4 is 14.4 Å². The minimum atomic E-state index is -4.06. The van der Waals surface area contributed by atoms with Gasteiger partial charge in [-0.1, -0.05) is 11.6 Å². The third kappa shape index (κ3) is 4.66. The molecule has 144 valence electrons. The van der Waals surface area contributed by atoms with Crippen molar-refractivity contribution in [2.75, 3.05) is 36.6 Å². The summed E-state index contributed by atoms with van der Waals surface area (Å²) in [5, 5.41) is 0.377. The minimum absolute atomic E-state index is 0.0703. The molecule has 0 bridgehead atoms. The molecule has 0 atom stereocenters. The molecular weight excluding hydrogens is 410 g/mol. The Morgan fingerprint density at radius 2 is 2.00 bits per heavy atom. The average Bonchev–Trinajstić information content (AvgIpc) is 2.68. The summed E-state index contributed by atoms with van der Waals surface area (Å²) in [6.07, 6.45) is 1.26. The summed E-state index contributed by atoms with van der Waals surface area (Å²) in [7, 11) is -2.69. The molecule has 1 amide bonds. The lowest BCUT2D eigenvalue weighted by molar-refractivity contribution is 0.0978. The number of amides is 1. The van der Waals surface area contributed by atoms with Crippen molar-refractivity contribution < 1.29 is 17.9 Å². The van der Waals surface area contributed by atoms with Crippen LogP contribution in [0, 0.1) is 0 Å². The van der Waals surface area contributed by atoms with Gasteiger partial charge in [0.25, 0.3) is 15.9 Å². The molecule has 0 radical (unpaired) electrons. The number of carbonyl (C=O) groups is 1. The number of sulfonamides is 1. The maximum Gasteiger partial charge on any atom is 0.268 e. The summed E-state index contributed by atoms with van der Waals surface area (Å²) < 4.78 is 32.2. The summed E-state index contributed by atoms with van der Waals surface area (Å²) in [4.78, 5) is 18.6. The van der Waals surface area contributed by atoms with Crippen molar-refractivity contribution in [1.29, 1.82) is 0 Å². The molecule has 0 saturated carbocycles. The second kappa shape index (κ2) is 8.37. The summed E-state index contributed by atoms with van der Waals surface area (Å²) in [5.41, 5.74) is 0.0703. The van der Waals surface area contributed by atoms with Gasteiger partial charge in [-0.15, -0.1) is 0 Å². The van der Waals surface area contributed by atoms with Crippen molar-refractivity contribution in [1.82, 2.24) is 9.71 Å². The Morgan fingerprint density at radius 3 is 2.63 bits per heavy atom. The number of methoxy groups -OCH3 is 1. The molecule has 0 spiro atoms. The zero-order valence-corrected chi connectivity index (χ0v) is 16.9. The van der Waals surface area contributed by atoms with E-state index in [1.54, 1.807) is 6.07 Å². The number of hydrogen-bond acceptors (Lipinski definition) is 7. The number of hydrogen-bond donors (Lipinski definition) is 1. The third-order valence-corrected chi connectivity index (χ3v) is 6.50. The summed E-state index contributed by atoms with van der Waals surface area (Å²) in [6.45, 7) is 1.74. The maximum atomic E-state index is 12.5. The molecule has 2 heterocycles. The molecule has 7 nitrogen and oxygen atoms in total. The highest BCUT2D eigenvalue weighted by molar-refractivity contribution is 7.99. The van der Waals surface area contributed by atoms with Gasteiger partial charge in [0, 0.05) is 35.8 Å². The first-order valence-electron chi connectivity index (χ1n) is 8.10. The number of halogens is 1. The lowest BCUT2D eigenvalue weighted by Gasteiger charge is -2.27. The van der Waals surface area contributed by atoms with Crippen molar-refractivity contribution >= 4 is 45.1 Å². The molecule has 1 aliphatic rings. The lowest BCUT2D eigenvalue weighted by atomic mass is 10.2. The predicted molar refractivity (Wildman–Crippen MR) is 106 cm³/mol. The number of benzene rings is 1. The van der Waals surface area contributed by atoms with E-state index in [1.165, 1.54) is 37.6 Å². The Balaban J connectivity index is 1.77. The number of ether oxygens (including phenoxy) is 1. The number of nitrogens with one attached hydrogen (secondary N) is 1. The average molecular weight is 428 g/mol. The van der Waals surface area contributed by atoms with Crippen LogP contribution in [0.3, 0.4) is 0 Å². The molecule has 1 saturated heterocycles. The smallest absolute Gasteiger partial charge is 0.268 e. The molecule has 1 aromatic heterocycles.